The van der Waals surface area contributed by atoms with Crippen molar-refractivity contribution in [1.82, 2.24) is 0 Å². The summed E-state index contributed by atoms with van der Waals surface area (Å²) >= 11 is 0. The Kier molecular flexibility index (Phi) is 5.25. The highest BCUT2D eigenvalue weighted by Crippen LogP contribution is 2.28. The van der Waals surface area contributed by atoms with Gasteiger partial charge in [0.2, 0.25) is 0 Å². The van der Waals surface area contributed by atoms with Gasteiger partial charge in [-0.05, 0) is 37.3 Å². The van der Waals surface area contributed by atoms with Gasteiger partial charge in [0.1, 0.15) is 19.0 Å². The lowest BCUT2D eigenvalue weighted by atomic mass is 10.2. The summed E-state index contributed by atoms with van der Waals surface area (Å²) in [6.07, 6.45) is 0. The third-order valence-electron chi connectivity index (χ3n) is 3.04. The molecule has 1 N–H and O–H groups in total. The van der Waals surface area contributed by atoms with Gasteiger partial charge in [-0.2, -0.15) is 0 Å². The number of ether oxygens (including phenoxy) is 3. The van der Waals surface area contributed by atoms with Gasteiger partial charge in [0.25, 0.3) is 0 Å². The van der Waals surface area contributed by atoms with Gasteiger partial charge >= 0.3 is 5.97 Å². The largest absolute Gasteiger partial charge is 0.493 e. The molecule has 2 aromatic carbocycles. The molecule has 22 heavy (non-hydrogen) atoms. The number of aryl methyl sites for hydroxylation is 1. The molecule has 0 heterocycles. The Morgan fingerprint density at radius 2 is 1.68 bits per heavy atom. The van der Waals surface area contributed by atoms with E-state index in [1.165, 1.54) is 24.8 Å². The van der Waals surface area contributed by atoms with Gasteiger partial charge in [0, 0.05) is 0 Å². The van der Waals surface area contributed by atoms with E-state index in [0.717, 1.165) is 5.75 Å². The second-order valence-corrected chi connectivity index (χ2v) is 4.68. The molecule has 2 rings (SSSR count). The Morgan fingerprint density at radius 1 is 1.00 bits per heavy atom. The molecule has 0 aliphatic heterocycles. The number of hydrogen-bond donors (Lipinski definition) is 1. The Balaban J connectivity index is 1.88. The highest BCUT2D eigenvalue weighted by atomic mass is 16.5. The second-order valence-electron chi connectivity index (χ2n) is 4.68. The maximum atomic E-state index is 10.9. The number of benzene rings is 2. The minimum absolute atomic E-state index is 0.153. The van der Waals surface area contributed by atoms with Crippen LogP contribution in [0.2, 0.25) is 0 Å². The number of rotatable bonds is 7. The van der Waals surface area contributed by atoms with Crippen LogP contribution in [0.15, 0.2) is 42.5 Å². The quantitative estimate of drug-likeness (QED) is 0.796. The van der Waals surface area contributed by atoms with Crippen LogP contribution in [0.1, 0.15) is 15.9 Å². The van der Waals surface area contributed by atoms with Gasteiger partial charge in [-0.15, -0.1) is 0 Å². The zero-order valence-electron chi connectivity index (χ0n) is 12.5. The lowest BCUT2D eigenvalue weighted by Gasteiger charge is -2.12. The standard InChI is InChI=1S/C17H18O5/c1-12-3-6-14(7-4-12)21-9-10-22-15-8-5-13(17(18)19)11-16(15)20-2/h3-8,11H,9-10H2,1-2H3,(H,18,19). The molecule has 0 fully saturated rings. The maximum absolute atomic E-state index is 10.9. The van der Waals surface area contributed by atoms with Crippen LogP contribution in [0.25, 0.3) is 0 Å². The number of carboxylic acids is 1. The summed E-state index contributed by atoms with van der Waals surface area (Å²) in [5.41, 5.74) is 1.33. The highest BCUT2D eigenvalue weighted by molar-refractivity contribution is 5.88. The van der Waals surface area contributed by atoms with E-state index in [-0.39, 0.29) is 5.56 Å². The molecule has 0 bridgehead atoms. The summed E-state index contributed by atoms with van der Waals surface area (Å²) in [5.74, 6) is 0.644. The molecule has 0 saturated carbocycles. The monoisotopic (exact) mass is 302 g/mol. The van der Waals surface area contributed by atoms with Crippen molar-refractivity contribution in [3.8, 4) is 17.2 Å². The normalized spacial score (nSPS) is 10.1. The molecule has 0 amide bonds. The summed E-state index contributed by atoms with van der Waals surface area (Å²) in [6.45, 7) is 2.73. The first-order valence-corrected chi connectivity index (χ1v) is 6.84. The van der Waals surface area contributed by atoms with Gasteiger partial charge < -0.3 is 19.3 Å². The number of carbonyl (C=O) groups is 1. The van der Waals surface area contributed by atoms with Crippen LogP contribution in [0.4, 0.5) is 0 Å². The van der Waals surface area contributed by atoms with Gasteiger partial charge in [-0.3, -0.25) is 0 Å². The van der Waals surface area contributed by atoms with Crippen molar-refractivity contribution in [2.45, 2.75) is 6.92 Å². The van der Waals surface area contributed by atoms with Gasteiger partial charge in [-0.1, -0.05) is 17.7 Å². The third kappa shape index (κ3) is 4.15. The van der Waals surface area contributed by atoms with Crippen molar-refractivity contribution >= 4 is 5.97 Å². The maximum Gasteiger partial charge on any atom is 0.335 e. The summed E-state index contributed by atoms with van der Waals surface area (Å²) in [7, 11) is 1.47. The predicted molar refractivity (Wildman–Crippen MR) is 82.1 cm³/mol. The summed E-state index contributed by atoms with van der Waals surface area (Å²) in [6, 6.07) is 12.2. The molecule has 0 aliphatic carbocycles. The predicted octanol–water partition coefficient (Wildman–Crippen LogP) is 3.16. The zero-order valence-corrected chi connectivity index (χ0v) is 12.5. The van der Waals surface area contributed by atoms with Crippen LogP contribution in [0.3, 0.4) is 0 Å². The second kappa shape index (κ2) is 7.36. The molecule has 0 atom stereocenters. The van der Waals surface area contributed by atoms with Crippen molar-refractivity contribution in [3.05, 3.63) is 53.6 Å². The molecule has 0 aromatic heterocycles. The Labute approximate surface area is 129 Å². The third-order valence-corrected chi connectivity index (χ3v) is 3.04. The van der Waals surface area contributed by atoms with Gasteiger partial charge in [0.05, 0.1) is 12.7 Å². The zero-order chi connectivity index (χ0) is 15.9. The minimum Gasteiger partial charge on any atom is -0.493 e. The molecule has 2 aromatic rings. The van der Waals surface area contributed by atoms with Gasteiger partial charge in [0.15, 0.2) is 11.5 Å². The van der Waals surface area contributed by atoms with Crippen LogP contribution in [0.5, 0.6) is 17.2 Å². The number of hydrogen-bond acceptors (Lipinski definition) is 4. The smallest absolute Gasteiger partial charge is 0.335 e. The molecule has 0 radical (unpaired) electrons. The summed E-state index contributed by atoms with van der Waals surface area (Å²) < 4.78 is 16.3. The first kappa shape index (κ1) is 15.7. The van der Waals surface area contributed by atoms with E-state index in [0.29, 0.717) is 24.7 Å². The fourth-order valence-electron chi connectivity index (χ4n) is 1.87. The molecule has 0 unspecified atom stereocenters. The first-order valence-electron chi connectivity index (χ1n) is 6.84. The average Bonchev–Trinajstić information content (AvgIpc) is 2.53. The summed E-state index contributed by atoms with van der Waals surface area (Å²) in [4.78, 5) is 10.9. The van der Waals surface area contributed by atoms with E-state index in [4.69, 9.17) is 19.3 Å². The van der Waals surface area contributed by atoms with E-state index in [2.05, 4.69) is 0 Å². The van der Waals surface area contributed by atoms with Crippen LogP contribution in [0, 0.1) is 6.92 Å². The van der Waals surface area contributed by atoms with Crippen LogP contribution >= 0.6 is 0 Å². The molecule has 116 valence electrons. The Morgan fingerprint density at radius 3 is 2.32 bits per heavy atom. The Bertz CT molecular complexity index is 634. The van der Waals surface area contributed by atoms with E-state index in [1.54, 1.807) is 6.07 Å². The molecule has 0 spiro atoms. The molecule has 0 saturated heterocycles. The number of aromatic carboxylic acids is 1. The topological polar surface area (TPSA) is 65.0 Å². The first-order chi connectivity index (χ1) is 10.6. The fraction of sp³-hybridized carbons (Fsp3) is 0.235. The van der Waals surface area contributed by atoms with E-state index in [1.807, 2.05) is 31.2 Å². The lowest BCUT2D eigenvalue weighted by molar-refractivity contribution is 0.0696. The van der Waals surface area contributed by atoms with Crippen molar-refractivity contribution in [2.75, 3.05) is 20.3 Å². The van der Waals surface area contributed by atoms with E-state index >= 15 is 0 Å². The van der Waals surface area contributed by atoms with Crippen molar-refractivity contribution in [3.63, 3.8) is 0 Å². The fourth-order valence-corrected chi connectivity index (χ4v) is 1.87. The minimum atomic E-state index is -1.01. The number of carboxylic acid groups (broad SMARTS) is 1. The van der Waals surface area contributed by atoms with Crippen molar-refractivity contribution in [2.24, 2.45) is 0 Å². The van der Waals surface area contributed by atoms with Crippen molar-refractivity contribution < 1.29 is 24.1 Å². The van der Waals surface area contributed by atoms with Crippen LogP contribution in [-0.4, -0.2) is 31.4 Å². The van der Waals surface area contributed by atoms with E-state index < -0.39 is 5.97 Å². The average molecular weight is 302 g/mol. The number of methoxy groups -OCH3 is 1. The molecule has 5 nitrogen and oxygen atoms in total. The SMILES string of the molecule is COc1cc(C(=O)O)ccc1OCCOc1ccc(C)cc1. The van der Waals surface area contributed by atoms with Gasteiger partial charge in [-0.25, -0.2) is 4.79 Å². The van der Waals surface area contributed by atoms with E-state index in [9.17, 15) is 4.79 Å². The summed E-state index contributed by atoms with van der Waals surface area (Å²) in [5, 5.41) is 8.94. The lowest BCUT2D eigenvalue weighted by Crippen LogP contribution is -2.10. The molecule has 5 heteroatoms. The molecule has 0 aliphatic rings. The van der Waals surface area contributed by atoms with Crippen molar-refractivity contribution in [1.29, 1.82) is 0 Å². The van der Waals surface area contributed by atoms with Crippen LogP contribution in [-0.2, 0) is 0 Å². The molecular formula is C17H18O5. The highest BCUT2D eigenvalue weighted by Gasteiger charge is 2.09. The molecular weight excluding hydrogens is 284 g/mol. The van der Waals surface area contributed by atoms with Crippen LogP contribution < -0.4 is 14.2 Å². The Hall–Kier alpha value is -2.69.